The fourth-order valence-corrected chi connectivity index (χ4v) is 3.70. The number of Topliss-reactive ketones (excluding diaryl/α,β-unsaturated/α-hetero) is 1. The summed E-state index contributed by atoms with van der Waals surface area (Å²) in [5.41, 5.74) is 1.30. The van der Waals surface area contributed by atoms with Gasteiger partial charge in [0.2, 0.25) is 0 Å². The Morgan fingerprint density at radius 3 is 2.00 bits per heavy atom. The predicted molar refractivity (Wildman–Crippen MR) is 116 cm³/mol. The second-order valence-electron chi connectivity index (χ2n) is 6.94. The third-order valence-corrected chi connectivity index (χ3v) is 5.32. The number of hydrogen-bond donors (Lipinski definition) is 2. The van der Waals surface area contributed by atoms with E-state index in [-0.39, 0.29) is 16.9 Å². The number of anilines is 1. The van der Waals surface area contributed by atoms with Crippen LogP contribution in [0.25, 0.3) is 5.76 Å². The molecule has 1 atom stereocenters. The zero-order chi connectivity index (χ0) is 22.1. The highest BCUT2D eigenvalue weighted by molar-refractivity contribution is 6.51. The Hall–Kier alpha value is -3.90. The van der Waals surface area contributed by atoms with Crippen LogP contribution in [0.15, 0.2) is 84.4 Å². The van der Waals surface area contributed by atoms with Crippen molar-refractivity contribution in [1.29, 1.82) is 0 Å². The Kier molecular flexibility index (Phi) is 5.31. The zero-order valence-corrected chi connectivity index (χ0v) is 16.8. The van der Waals surface area contributed by atoms with Crippen LogP contribution in [-0.4, -0.2) is 27.9 Å². The number of amides is 1. The molecule has 1 heterocycles. The maximum absolute atomic E-state index is 13.0. The number of ketones is 1. The third kappa shape index (κ3) is 3.69. The molecule has 3 aromatic carbocycles. The lowest BCUT2D eigenvalue weighted by atomic mass is 9.95. The molecule has 1 saturated heterocycles. The van der Waals surface area contributed by atoms with Crippen molar-refractivity contribution in [1.82, 2.24) is 0 Å². The Morgan fingerprint density at radius 2 is 1.42 bits per heavy atom. The van der Waals surface area contributed by atoms with E-state index in [4.69, 9.17) is 16.7 Å². The van der Waals surface area contributed by atoms with Crippen molar-refractivity contribution in [3.05, 3.63) is 106 Å². The normalized spacial score (nSPS) is 17.7. The molecule has 2 N–H and O–H groups in total. The van der Waals surface area contributed by atoms with E-state index >= 15 is 0 Å². The van der Waals surface area contributed by atoms with E-state index in [2.05, 4.69) is 0 Å². The smallest absolute Gasteiger partial charge is 0.335 e. The highest BCUT2D eigenvalue weighted by Crippen LogP contribution is 2.42. The molecule has 1 amide bonds. The second-order valence-corrected chi connectivity index (χ2v) is 7.38. The van der Waals surface area contributed by atoms with Gasteiger partial charge in [0.05, 0.1) is 17.2 Å². The van der Waals surface area contributed by atoms with Crippen LogP contribution in [-0.2, 0) is 9.59 Å². The van der Waals surface area contributed by atoms with Crippen molar-refractivity contribution in [2.45, 2.75) is 6.04 Å². The van der Waals surface area contributed by atoms with Gasteiger partial charge in [-0.25, -0.2) is 4.79 Å². The Balaban J connectivity index is 1.91. The molecule has 0 spiro atoms. The SMILES string of the molecule is O=C1C(=O)N(c2ccc(C(=O)O)cc2)C(c2ccc(Cl)cc2)/C1=C(\O)c1ccccc1. The molecular formula is C24H16ClNO5. The van der Waals surface area contributed by atoms with Gasteiger partial charge in [-0.1, -0.05) is 54.1 Å². The van der Waals surface area contributed by atoms with E-state index in [1.54, 1.807) is 54.6 Å². The largest absolute Gasteiger partial charge is 0.507 e. The second kappa shape index (κ2) is 8.08. The third-order valence-electron chi connectivity index (χ3n) is 5.07. The lowest BCUT2D eigenvalue weighted by Crippen LogP contribution is -2.29. The lowest BCUT2D eigenvalue weighted by molar-refractivity contribution is -0.132. The minimum atomic E-state index is -1.10. The summed E-state index contributed by atoms with van der Waals surface area (Å²) in [6.45, 7) is 0. The van der Waals surface area contributed by atoms with Crippen molar-refractivity contribution in [3.8, 4) is 0 Å². The highest BCUT2D eigenvalue weighted by Gasteiger charge is 2.46. The summed E-state index contributed by atoms with van der Waals surface area (Å²) in [4.78, 5) is 38.4. The number of aromatic carboxylic acids is 1. The van der Waals surface area contributed by atoms with Crippen LogP contribution in [0.1, 0.15) is 27.5 Å². The van der Waals surface area contributed by atoms with Crippen molar-refractivity contribution < 1.29 is 24.6 Å². The average Bonchev–Trinajstić information content (AvgIpc) is 3.05. The molecule has 0 radical (unpaired) electrons. The van der Waals surface area contributed by atoms with Crippen LogP contribution in [0, 0.1) is 0 Å². The van der Waals surface area contributed by atoms with Crippen LogP contribution in [0.4, 0.5) is 5.69 Å². The molecular weight excluding hydrogens is 418 g/mol. The number of aliphatic hydroxyl groups excluding tert-OH is 1. The van der Waals surface area contributed by atoms with Crippen LogP contribution in [0.2, 0.25) is 5.02 Å². The lowest BCUT2D eigenvalue weighted by Gasteiger charge is -2.25. The first-order chi connectivity index (χ1) is 14.9. The number of carboxylic acids is 1. The van der Waals surface area contributed by atoms with E-state index < -0.39 is 23.7 Å². The number of carbonyl (C=O) groups is 3. The molecule has 154 valence electrons. The summed E-state index contributed by atoms with van der Waals surface area (Å²) in [7, 11) is 0. The summed E-state index contributed by atoms with van der Waals surface area (Å²) < 4.78 is 0. The topological polar surface area (TPSA) is 94.9 Å². The van der Waals surface area contributed by atoms with Gasteiger partial charge in [-0.3, -0.25) is 14.5 Å². The van der Waals surface area contributed by atoms with Crippen molar-refractivity contribution in [3.63, 3.8) is 0 Å². The molecule has 7 heteroatoms. The van der Waals surface area contributed by atoms with Gasteiger partial charge in [0.15, 0.2) is 0 Å². The first-order valence-electron chi connectivity index (χ1n) is 9.33. The molecule has 4 rings (SSSR count). The van der Waals surface area contributed by atoms with E-state index in [1.807, 2.05) is 0 Å². The van der Waals surface area contributed by atoms with Crippen LogP contribution >= 0.6 is 11.6 Å². The molecule has 6 nitrogen and oxygen atoms in total. The minimum absolute atomic E-state index is 0.0488. The molecule has 0 aromatic heterocycles. The van der Waals surface area contributed by atoms with E-state index in [0.29, 0.717) is 21.8 Å². The fourth-order valence-electron chi connectivity index (χ4n) is 3.58. The summed E-state index contributed by atoms with van der Waals surface area (Å²) in [5, 5.41) is 20.6. The molecule has 1 fully saturated rings. The monoisotopic (exact) mass is 433 g/mol. The van der Waals surface area contributed by atoms with Crippen molar-refractivity contribution in [2.75, 3.05) is 4.90 Å². The first-order valence-corrected chi connectivity index (χ1v) is 9.71. The van der Waals surface area contributed by atoms with Gasteiger partial charge in [-0.2, -0.15) is 0 Å². The van der Waals surface area contributed by atoms with Gasteiger partial charge >= 0.3 is 5.97 Å². The van der Waals surface area contributed by atoms with Crippen LogP contribution in [0.3, 0.4) is 0 Å². The standard InChI is InChI=1S/C24H16ClNO5/c25-17-10-6-14(7-11-17)20-19(21(27)15-4-2-1-3-5-15)22(28)23(29)26(20)18-12-8-16(9-13-18)24(30)31/h1-13,20,27H,(H,30,31)/b21-19+. The van der Waals surface area contributed by atoms with E-state index in [1.165, 1.54) is 29.2 Å². The summed E-state index contributed by atoms with van der Waals surface area (Å²) in [5.74, 6) is -3.04. The molecule has 1 unspecified atom stereocenters. The first kappa shape index (κ1) is 20.4. The summed E-state index contributed by atoms with van der Waals surface area (Å²) in [6.07, 6.45) is 0. The molecule has 0 bridgehead atoms. The van der Waals surface area contributed by atoms with Gasteiger partial charge in [0, 0.05) is 16.3 Å². The number of benzene rings is 3. The molecule has 0 aliphatic carbocycles. The summed E-state index contributed by atoms with van der Waals surface area (Å²) >= 11 is 6.01. The molecule has 0 saturated carbocycles. The minimum Gasteiger partial charge on any atom is -0.507 e. The van der Waals surface area contributed by atoms with Crippen molar-refractivity contribution in [2.24, 2.45) is 0 Å². The number of nitrogens with zero attached hydrogens (tertiary/aromatic N) is 1. The number of aliphatic hydroxyl groups is 1. The molecule has 1 aliphatic heterocycles. The molecule has 3 aromatic rings. The maximum Gasteiger partial charge on any atom is 0.335 e. The summed E-state index contributed by atoms with van der Waals surface area (Å²) in [6, 6.07) is 19.8. The van der Waals surface area contributed by atoms with E-state index in [9.17, 15) is 19.5 Å². The number of rotatable bonds is 4. The quantitative estimate of drug-likeness (QED) is 0.354. The Morgan fingerprint density at radius 1 is 0.806 bits per heavy atom. The molecule has 1 aliphatic rings. The number of halogens is 1. The highest BCUT2D eigenvalue weighted by atomic mass is 35.5. The number of carbonyl (C=O) groups excluding carboxylic acids is 2. The Bertz CT molecular complexity index is 1200. The Labute approximate surface area is 182 Å². The number of hydrogen-bond acceptors (Lipinski definition) is 4. The van der Waals surface area contributed by atoms with Crippen molar-refractivity contribution >= 4 is 40.7 Å². The zero-order valence-electron chi connectivity index (χ0n) is 16.0. The van der Waals surface area contributed by atoms with Gasteiger partial charge < -0.3 is 10.2 Å². The van der Waals surface area contributed by atoms with Crippen LogP contribution < -0.4 is 4.90 Å². The van der Waals surface area contributed by atoms with Gasteiger partial charge in [0.25, 0.3) is 11.7 Å². The van der Waals surface area contributed by atoms with Crippen LogP contribution in [0.5, 0.6) is 0 Å². The predicted octanol–water partition coefficient (Wildman–Crippen LogP) is 4.66. The maximum atomic E-state index is 13.0. The van der Waals surface area contributed by atoms with Gasteiger partial charge in [-0.15, -0.1) is 0 Å². The molecule has 31 heavy (non-hydrogen) atoms. The number of carboxylic acid groups (broad SMARTS) is 1. The van der Waals surface area contributed by atoms with Gasteiger partial charge in [-0.05, 0) is 42.0 Å². The fraction of sp³-hybridized carbons (Fsp3) is 0.0417. The van der Waals surface area contributed by atoms with E-state index in [0.717, 1.165) is 0 Å². The van der Waals surface area contributed by atoms with Gasteiger partial charge in [0.1, 0.15) is 5.76 Å². The average molecular weight is 434 g/mol.